The molecule has 0 aliphatic rings. The van der Waals surface area contributed by atoms with E-state index in [0.29, 0.717) is 8.95 Å². The molecule has 98 valence electrons. The molecule has 1 rings (SSSR count). The van der Waals surface area contributed by atoms with Crippen LogP contribution in [0.2, 0.25) is 0 Å². The molecule has 0 spiro atoms. The van der Waals surface area contributed by atoms with E-state index < -0.39 is 18.6 Å². The van der Waals surface area contributed by atoms with Crippen LogP contribution < -0.4 is 11.5 Å². The van der Waals surface area contributed by atoms with E-state index in [1.807, 2.05) is 0 Å². The molecule has 17 heavy (non-hydrogen) atoms. The number of benzene rings is 1. The van der Waals surface area contributed by atoms with Crippen LogP contribution in [0, 0.1) is 0 Å². The fourth-order valence-corrected chi connectivity index (χ4v) is 2.53. The zero-order chi connectivity index (χ0) is 12.5. The van der Waals surface area contributed by atoms with Crippen LogP contribution in [0.4, 0.5) is 18.9 Å². The lowest BCUT2D eigenvalue weighted by molar-refractivity contribution is -0.138. The van der Waals surface area contributed by atoms with Crippen molar-refractivity contribution in [2.45, 2.75) is 18.6 Å². The maximum atomic E-state index is 12.2. The zero-order valence-corrected chi connectivity index (χ0v) is 12.4. The minimum absolute atomic E-state index is 0. The van der Waals surface area contributed by atoms with Crippen LogP contribution >= 0.6 is 44.3 Å². The maximum Gasteiger partial charge on any atom is 0.390 e. The third-order valence-electron chi connectivity index (χ3n) is 1.98. The zero-order valence-electron chi connectivity index (χ0n) is 8.39. The van der Waals surface area contributed by atoms with Crippen molar-refractivity contribution in [1.82, 2.24) is 0 Å². The van der Waals surface area contributed by atoms with Crippen molar-refractivity contribution < 1.29 is 13.2 Å². The highest BCUT2D eigenvalue weighted by molar-refractivity contribution is 9.11. The lowest BCUT2D eigenvalue weighted by Crippen LogP contribution is -2.21. The smallest absolute Gasteiger partial charge is 0.390 e. The lowest BCUT2D eigenvalue weighted by Gasteiger charge is -2.17. The predicted molar refractivity (Wildman–Crippen MR) is 71.1 cm³/mol. The van der Waals surface area contributed by atoms with Gasteiger partial charge < -0.3 is 11.5 Å². The van der Waals surface area contributed by atoms with Crippen molar-refractivity contribution in [3.63, 3.8) is 0 Å². The molecule has 0 amide bonds. The Balaban J connectivity index is 0.00000256. The first-order valence-electron chi connectivity index (χ1n) is 4.27. The normalized spacial score (nSPS) is 13.1. The standard InChI is InChI=1S/C9H9Br2F3N2.ClH/c10-4-1-5(8(16)6(11)2-4)7(15)3-9(12,13)14;/h1-2,7H,3,15-16H2;1H/t7-;/m0./s1. The van der Waals surface area contributed by atoms with Gasteiger partial charge in [-0.3, -0.25) is 0 Å². The Hall–Kier alpha value is 0.0200. The Labute approximate surface area is 120 Å². The van der Waals surface area contributed by atoms with Gasteiger partial charge in [-0.2, -0.15) is 13.2 Å². The molecule has 1 atom stereocenters. The van der Waals surface area contributed by atoms with Crippen molar-refractivity contribution >= 4 is 50.0 Å². The number of anilines is 1. The number of hydrogen-bond donors (Lipinski definition) is 2. The molecule has 4 N–H and O–H groups in total. The van der Waals surface area contributed by atoms with Gasteiger partial charge in [-0.15, -0.1) is 12.4 Å². The Kier molecular flexibility index (Phi) is 6.27. The van der Waals surface area contributed by atoms with Gasteiger partial charge in [0, 0.05) is 15.0 Å². The molecule has 1 aromatic rings. The van der Waals surface area contributed by atoms with Crippen molar-refractivity contribution in [2.24, 2.45) is 5.73 Å². The summed E-state index contributed by atoms with van der Waals surface area (Å²) in [4.78, 5) is 0. The Morgan fingerprint density at radius 3 is 2.24 bits per heavy atom. The van der Waals surface area contributed by atoms with Gasteiger partial charge in [-0.25, -0.2) is 0 Å². The summed E-state index contributed by atoms with van der Waals surface area (Å²) < 4.78 is 37.7. The third kappa shape index (κ3) is 5.03. The summed E-state index contributed by atoms with van der Waals surface area (Å²) in [5.74, 6) is 0. The molecule has 2 nitrogen and oxygen atoms in total. The first-order chi connectivity index (χ1) is 7.20. The highest BCUT2D eigenvalue weighted by atomic mass is 79.9. The summed E-state index contributed by atoms with van der Waals surface area (Å²) in [6.45, 7) is 0. The number of nitrogens with two attached hydrogens (primary N) is 2. The fraction of sp³-hybridized carbons (Fsp3) is 0.333. The van der Waals surface area contributed by atoms with E-state index in [1.165, 1.54) is 6.07 Å². The molecule has 8 heteroatoms. The van der Waals surface area contributed by atoms with Gasteiger partial charge in [0.15, 0.2) is 0 Å². The molecule has 0 bridgehead atoms. The van der Waals surface area contributed by atoms with Crippen LogP contribution in [0.15, 0.2) is 21.1 Å². The quantitative estimate of drug-likeness (QED) is 0.735. The van der Waals surface area contributed by atoms with Crippen LogP contribution in [0.1, 0.15) is 18.0 Å². The van der Waals surface area contributed by atoms with E-state index in [-0.39, 0.29) is 23.7 Å². The summed E-state index contributed by atoms with van der Waals surface area (Å²) in [6.07, 6.45) is -5.40. The number of alkyl halides is 3. The van der Waals surface area contributed by atoms with Gasteiger partial charge in [0.05, 0.1) is 12.1 Å². The molecule has 0 saturated heterocycles. The van der Waals surface area contributed by atoms with Crippen LogP contribution in [0.3, 0.4) is 0 Å². The largest absolute Gasteiger partial charge is 0.398 e. The molecule has 0 saturated carbocycles. The number of hydrogen-bond acceptors (Lipinski definition) is 2. The molecule has 0 fully saturated rings. The van der Waals surface area contributed by atoms with Gasteiger partial charge >= 0.3 is 6.18 Å². The molecule has 0 unspecified atom stereocenters. The molecular formula is C9H10Br2ClF3N2. The lowest BCUT2D eigenvalue weighted by atomic mass is 10.0. The van der Waals surface area contributed by atoms with Crippen LogP contribution in [0.5, 0.6) is 0 Å². The summed E-state index contributed by atoms with van der Waals surface area (Å²) in [5.41, 5.74) is 11.6. The number of halogens is 6. The molecular weight excluding hydrogens is 388 g/mol. The molecule has 0 heterocycles. The maximum absolute atomic E-state index is 12.2. The Bertz CT molecular complexity index is 399. The monoisotopic (exact) mass is 396 g/mol. The Morgan fingerprint density at radius 2 is 1.76 bits per heavy atom. The van der Waals surface area contributed by atoms with Crippen LogP contribution in [-0.2, 0) is 0 Å². The highest BCUT2D eigenvalue weighted by Gasteiger charge is 2.31. The summed E-state index contributed by atoms with van der Waals surface area (Å²) in [6, 6.07) is 1.99. The minimum atomic E-state index is -4.30. The van der Waals surface area contributed by atoms with E-state index in [2.05, 4.69) is 31.9 Å². The molecule has 0 aliphatic carbocycles. The SMILES string of the molecule is Cl.Nc1c(Br)cc(Br)cc1[C@@H](N)CC(F)(F)F. The summed E-state index contributed by atoms with van der Waals surface area (Å²) >= 11 is 6.33. The van der Waals surface area contributed by atoms with Crippen molar-refractivity contribution in [2.75, 3.05) is 5.73 Å². The van der Waals surface area contributed by atoms with Crippen molar-refractivity contribution in [3.05, 3.63) is 26.6 Å². The highest BCUT2D eigenvalue weighted by Crippen LogP contribution is 2.35. The van der Waals surface area contributed by atoms with E-state index in [0.717, 1.165) is 0 Å². The molecule has 1 aromatic carbocycles. The van der Waals surface area contributed by atoms with Crippen LogP contribution in [-0.4, -0.2) is 6.18 Å². The van der Waals surface area contributed by atoms with Gasteiger partial charge in [0.25, 0.3) is 0 Å². The third-order valence-corrected chi connectivity index (χ3v) is 3.09. The van der Waals surface area contributed by atoms with E-state index in [4.69, 9.17) is 11.5 Å². The van der Waals surface area contributed by atoms with Gasteiger partial charge in [0.1, 0.15) is 0 Å². The van der Waals surface area contributed by atoms with Crippen molar-refractivity contribution in [3.8, 4) is 0 Å². The molecule has 0 aliphatic heterocycles. The average Bonchev–Trinajstić information content (AvgIpc) is 2.08. The van der Waals surface area contributed by atoms with E-state index >= 15 is 0 Å². The molecule has 0 radical (unpaired) electrons. The second-order valence-corrected chi connectivity index (χ2v) is 5.09. The average molecular weight is 398 g/mol. The Morgan fingerprint density at radius 1 is 1.24 bits per heavy atom. The fourth-order valence-electron chi connectivity index (χ4n) is 1.27. The van der Waals surface area contributed by atoms with E-state index in [9.17, 15) is 13.2 Å². The second kappa shape index (κ2) is 6.26. The van der Waals surface area contributed by atoms with Gasteiger partial charge in [-0.1, -0.05) is 15.9 Å². The van der Waals surface area contributed by atoms with Gasteiger partial charge in [-0.05, 0) is 33.6 Å². The van der Waals surface area contributed by atoms with Gasteiger partial charge in [0.2, 0.25) is 0 Å². The first kappa shape index (κ1) is 17.0. The first-order valence-corrected chi connectivity index (χ1v) is 5.86. The van der Waals surface area contributed by atoms with Crippen molar-refractivity contribution in [1.29, 1.82) is 0 Å². The summed E-state index contributed by atoms with van der Waals surface area (Å²) in [7, 11) is 0. The number of rotatable bonds is 2. The number of nitrogen functional groups attached to an aromatic ring is 1. The topological polar surface area (TPSA) is 52.0 Å². The molecule has 0 aromatic heterocycles. The van der Waals surface area contributed by atoms with Crippen LogP contribution in [0.25, 0.3) is 0 Å². The minimum Gasteiger partial charge on any atom is -0.398 e. The summed E-state index contributed by atoms with van der Waals surface area (Å²) in [5, 5.41) is 0. The second-order valence-electron chi connectivity index (χ2n) is 3.32. The predicted octanol–water partition coefficient (Wildman–Crippen LogP) is 4.17. The van der Waals surface area contributed by atoms with E-state index in [1.54, 1.807) is 6.07 Å².